The van der Waals surface area contributed by atoms with Gasteiger partial charge in [-0.05, 0) is 37.0 Å². The molecule has 0 aliphatic heterocycles. The van der Waals surface area contributed by atoms with E-state index in [0.29, 0.717) is 6.61 Å². The molecule has 1 aromatic carbocycles. The first-order chi connectivity index (χ1) is 12.9. The first-order valence-corrected chi connectivity index (χ1v) is 10.5. The lowest BCUT2D eigenvalue weighted by Gasteiger charge is -2.20. The van der Waals surface area contributed by atoms with Crippen molar-refractivity contribution in [3.05, 3.63) is 29.8 Å². The van der Waals surface area contributed by atoms with E-state index in [-0.39, 0.29) is 16.9 Å². The van der Waals surface area contributed by atoms with Gasteiger partial charge >= 0.3 is 5.97 Å². The lowest BCUT2D eigenvalue weighted by atomic mass is 9.87. The highest BCUT2D eigenvalue weighted by Gasteiger charge is 2.26. The molecule has 8 nitrogen and oxygen atoms in total. The first kappa shape index (κ1) is 24.1. The van der Waals surface area contributed by atoms with Gasteiger partial charge in [0, 0.05) is 13.7 Å². The number of hydrogen-bond acceptors (Lipinski definition) is 6. The van der Waals surface area contributed by atoms with Crippen LogP contribution >= 0.6 is 0 Å². The number of sulfonamides is 1. The Bertz CT molecular complexity index is 769. The SMILES string of the molecule is COCCNC(=O)[C@@H](C)OC(=O)[C@H](C)NS(=O)(=O)c1ccc(C(C)(C)C)cc1. The molecule has 2 N–H and O–H groups in total. The van der Waals surface area contributed by atoms with Gasteiger partial charge in [0.1, 0.15) is 6.04 Å². The average molecular weight is 415 g/mol. The van der Waals surface area contributed by atoms with Gasteiger partial charge in [-0.2, -0.15) is 4.72 Å². The van der Waals surface area contributed by atoms with E-state index in [2.05, 4.69) is 10.0 Å². The van der Waals surface area contributed by atoms with Gasteiger partial charge in [0.15, 0.2) is 6.10 Å². The summed E-state index contributed by atoms with van der Waals surface area (Å²) < 4.78 is 37.1. The normalized spacial score (nSPS) is 14.2. The number of carbonyl (C=O) groups is 2. The monoisotopic (exact) mass is 414 g/mol. The van der Waals surface area contributed by atoms with E-state index < -0.39 is 34.0 Å². The molecule has 1 amide bonds. The molecule has 9 heteroatoms. The zero-order chi connectivity index (χ0) is 21.5. The average Bonchev–Trinajstić information content (AvgIpc) is 2.60. The Labute approximate surface area is 167 Å². The van der Waals surface area contributed by atoms with Crippen molar-refractivity contribution in [1.29, 1.82) is 0 Å². The molecule has 28 heavy (non-hydrogen) atoms. The fourth-order valence-electron chi connectivity index (χ4n) is 2.23. The Balaban J connectivity index is 2.70. The Hall–Kier alpha value is -1.97. The molecule has 2 atom stereocenters. The fourth-order valence-corrected chi connectivity index (χ4v) is 3.42. The summed E-state index contributed by atoms with van der Waals surface area (Å²) in [5, 5.41) is 2.54. The Kier molecular flexibility index (Phi) is 8.59. The van der Waals surface area contributed by atoms with E-state index in [1.54, 1.807) is 12.1 Å². The van der Waals surface area contributed by atoms with Crippen LogP contribution in [0.3, 0.4) is 0 Å². The van der Waals surface area contributed by atoms with Crippen LogP contribution in [0, 0.1) is 0 Å². The lowest BCUT2D eigenvalue weighted by molar-refractivity contribution is -0.156. The summed E-state index contributed by atoms with van der Waals surface area (Å²) in [6.45, 7) is 9.46. The van der Waals surface area contributed by atoms with E-state index >= 15 is 0 Å². The maximum Gasteiger partial charge on any atom is 0.324 e. The van der Waals surface area contributed by atoms with E-state index in [1.807, 2.05) is 20.8 Å². The van der Waals surface area contributed by atoms with Gasteiger partial charge in [-0.15, -0.1) is 0 Å². The van der Waals surface area contributed by atoms with E-state index in [1.165, 1.54) is 33.1 Å². The summed E-state index contributed by atoms with van der Waals surface area (Å²) in [5.41, 5.74) is 0.888. The first-order valence-electron chi connectivity index (χ1n) is 8.98. The zero-order valence-corrected chi connectivity index (χ0v) is 18.1. The third-order valence-corrected chi connectivity index (χ3v) is 5.54. The van der Waals surface area contributed by atoms with Gasteiger partial charge in [0.2, 0.25) is 10.0 Å². The van der Waals surface area contributed by atoms with Crippen molar-refractivity contribution in [2.75, 3.05) is 20.3 Å². The fraction of sp³-hybridized carbons (Fsp3) is 0.579. The number of hydrogen-bond donors (Lipinski definition) is 2. The molecule has 0 heterocycles. The van der Waals surface area contributed by atoms with Crippen molar-refractivity contribution in [2.45, 2.75) is 57.1 Å². The molecule has 0 bridgehead atoms. The summed E-state index contributed by atoms with van der Waals surface area (Å²) in [6, 6.07) is 5.31. The predicted octanol–water partition coefficient (Wildman–Crippen LogP) is 1.35. The smallest absolute Gasteiger partial charge is 0.324 e. The largest absolute Gasteiger partial charge is 0.451 e. The van der Waals surface area contributed by atoms with Gasteiger partial charge in [-0.1, -0.05) is 32.9 Å². The van der Waals surface area contributed by atoms with Crippen LogP contribution in [-0.4, -0.2) is 52.7 Å². The van der Waals surface area contributed by atoms with Gasteiger partial charge in [0.25, 0.3) is 5.91 Å². The topological polar surface area (TPSA) is 111 Å². The third kappa shape index (κ3) is 7.21. The highest BCUT2D eigenvalue weighted by Crippen LogP contribution is 2.23. The maximum atomic E-state index is 12.5. The van der Waals surface area contributed by atoms with Gasteiger partial charge < -0.3 is 14.8 Å². The number of ether oxygens (including phenoxy) is 2. The highest BCUT2D eigenvalue weighted by atomic mass is 32.2. The van der Waals surface area contributed by atoms with Gasteiger partial charge in [-0.25, -0.2) is 8.42 Å². The molecule has 0 unspecified atom stereocenters. The number of amides is 1. The second-order valence-corrected chi connectivity index (χ2v) is 9.19. The molecule has 158 valence electrons. The minimum atomic E-state index is -3.91. The van der Waals surface area contributed by atoms with Crippen molar-refractivity contribution in [1.82, 2.24) is 10.0 Å². The molecular formula is C19H30N2O6S. The number of esters is 1. The second-order valence-electron chi connectivity index (χ2n) is 7.48. The summed E-state index contributed by atoms with van der Waals surface area (Å²) in [6.07, 6.45) is -1.05. The summed E-state index contributed by atoms with van der Waals surface area (Å²) in [5.74, 6) is -1.33. The molecule has 1 aromatic rings. The minimum Gasteiger partial charge on any atom is -0.451 e. The van der Waals surface area contributed by atoms with Crippen LogP contribution in [0.2, 0.25) is 0 Å². The van der Waals surface area contributed by atoms with Crippen molar-refractivity contribution < 1.29 is 27.5 Å². The van der Waals surface area contributed by atoms with Gasteiger partial charge in [-0.3, -0.25) is 9.59 Å². The van der Waals surface area contributed by atoms with Crippen LogP contribution in [0.4, 0.5) is 0 Å². The molecule has 0 aliphatic rings. The second kappa shape index (κ2) is 9.99. The predicted molar refractivity (Wildman–Crippen MR) is 105 cm³/mol. The summed E-state index contributed by atoms with van der Waals surface area (Å²) in [4.78, 5) is 24.0. The van der Waals surface area contributed by atoms with E-state index in [9.17, 15) is 18.0 Å². The summed E-state index contributed by atoms with van der Waals surface area (Å²) in [7, 11) is -2.41. The standard InChI is InChI=1S/C19H30N2O6S/c1-13(18(23)27-14(2)17(22)20-11-12-26-6)21-28(24,25)16-9-7-15(8-10-16)19(3,4)5/h7-10,13-14,21H,11-12H2,1-6H3,(H,20,22)/t13-,14+/m0/s1. The summed E-state index contributed by atoms with van der Waals surface area (Å²) >= 11 is 0. The number of nitrogens with one attached hydrogen (secondary N) is 2. The number of methoxy groups -OCH3 is 1. The van der Waals surface area contributed by atoms with Crippen LogP contribution in [0.25, 0.3) is 0 Å². The molecule has 1 rings (SSSR count). The Morgan fingerprint density at radius 2 is 1.68 bits per heavy atom. The van der Waals surface area contributed by atoms with Gasteiger partial charge in [0.05, 0.1) is 11.5 Å². The number of carbonyl (C=O) groups excluding carboxylic acids is 2. The van der Waals surface area contributed by atoms with Crippen LogP contribution in [0.15, 0.2) is 29.2 Å². The number of rotatable bonds is 9. The van der Waals surface area contributed by atoms with Crippen molar-refractivity contribution in [3.63, 3.8) is 0 Å². The van der Waals surface area contributed by atoms with Crippen molar-refractivity contribution in [2.24, 2.45) is 0 Å². The molecule has 0 saturated heterocycles. The number of benzene rings is 1. The minimum absolute atomic E-state index is 0.0468. The van der Waals surface area contributed by atoms with Crippen LogP contribution in [-0.2, 0) is 34.5 Å². The molecule has 0 saturated carbocycles. The van der Waals surface area contributed by atoms with Crippen molar-refractivity contribution >= 4 is 21.9 Å². The molecular weight excluding hydrogens is 384 g/mol. The maximum absolute atomic E-state index is 12.5. The quantitative estimate of drug-likeness (QED) is 0.466. The molecule has 0 radical (unpaired) electrons. The molecule has 0 fully saturated rings. The Morgan fingerprint density at radius 1 is 1.11 bits per heavy atom. The Morgan fingerprint density at radius 3 is 2.18 bits per heavy atom. The van der Waals surface area contributed by atoms with Crippen LogP contribution < -0.4 is 10.0 Å². The third-order valence-electron chi connectivity index (χ3n) is 3.98. The van der Waals surface area contributed by atoms with E-state index in [0.717, 1.165) is 5.56 Å². The highest BCUT2D eigenvalue weighted by molar-refractivity contribution is 7.89. The van der Waals surface area contributed by atoms with Crippen LogP contribution in [0.1, 0.15) is 40.2 Å². The molecule has 0 aliphatic carbocycles. The zero-order valence-electron chi connectivity index (χ0n) is 17.2. The lowest BCUT2D eigenvalue weighted by Crippen LogP contribution is -2.43. The van der Waals surface area contributed by atoms with Crippen molar-refractivity contribution in [3.8, 4) is 0 Å². The van der Waals surface area contributed by atoms with Crippen LogP contribution in [0.5, 0.6) is 0 Å². The molecule has 0 aromatic heterocycles. The van der Waals surface area contributed by atoms with E-state index in [4.69, 9.17) is 9.47 Å². The molecule has 0 spiro atoms.